The molecule has 0 saturated heterocycles. The zero-order valence-corrected chi connectivity index (χ0v) is 12.7. The van der Waals surface area contributed by atoms with Crippen LogP contribution in [0, 0.1) is 15.9 Å². The zero-order valence-electron chi connectivity index (χ0n) is 11.1. The zero-order chi connectivity index (χ0) is 16.1. The fourth-order valence-electron chi connectivity index (χ4n) is 1.73. The molecule has 2 rings (SSSR count). The van der Waals surface area contributed by atoms with Gasteiger partial charge in [-0.05, 0) is 30.3 Å². The van der Waals surface area contributed by atoms with Crippen molar-refractivity contribution in [2.75, 3.05) is 5.32 Å². The number of halogens is 2. The van der Waals surface area contributed by atoms with Crippen LogP contribution in [0.15, 0.2) is 53.0 Å². The van der Waals surface area contributed by atoms with E-state index in [2.05, 4.69) is 21.2 Å². The number of benzene rings is 2. The Morgan fingerprint density at radius 3 is 2.68 bits per heavy atom. The quantitative estimate of drug-likeness (QED) is 0.503. The molecule has 112 valence electrons. The van der Waals surface area contributed by atoms with E-state index in [9.17, 15) is 19.3 Å². The number of nitrogens with one attached hydrogen (secondary N) is 1. The van der Waals surface area contributed by atoms with Gasteiger partial charge in [-0.2, -0.15) is 0 Å². The van der Waals surface area contributed by atoms with Gasteiger partial charge < -0.3 is 5.32 Å². The molecule has 0 aromatic heterocycles. The molecule has 1 N–H and O–H groups in total. The van der Waals surface area contributed by atoms with Crippen LogP contribution in [0.4, 0.5) is 15.8 Å². The number of hydrogen-bond donors (Lipinski definition) is 1. The molecule has 0 bridgehead atoms. The smallest absolute Gasteiger partial charge is 0.276 e. The highest BCUT2D eigenvalue weighted by atomic mass is 79.9. The second kappa shape index (κ2) is 6.95. The third-order valence-corrected chi connectivity index (χ3v) is 3.23. The highest BCUT2D eigenvalue weighted by Gasteiger charge is 2.10. The maximum atomic E-state index is 13.6. The van der Waals surface area contributed by atoms with Gasteiger partial charge in [0.15, 0.2) is 0 Å². The summed E-state index contributed by atoms with van der Waals surface area (Å²) in [6.07, 6.45) is 2.42. The number of para-hydroxylation sites is 1. The van der Waals surface area contributed by atoms with E-state index in [0.717, 1.165) is 6.08 Å². The fraction of sp³-hybridized carbons (Fsp3) is 0. The Kier molecular flexibility index (Phi) is 5.00. The summed E-state index contributed by atoms with van der Waals surface area (Å²) in [5.74, 6) is -1.17. The molecule has 5 nitrogen and oxygen atoms in total. The average molecular weight is 365 g/mol. The molecule has 0 aliphatic rings. The number of nitro groups is 1. The summed E-state index contributed by atoms with van der Waals surface area (Å²) in [6, 6.07) is 10.2. The van der Waals surface area contributed by atoms with Gasteiger partial charge >= 0.3 is 0 Å². The van der Waals surface area contributed by atoms with Gasteiger partial charge in [0, 0.05) is 16.6 Å². The predicted molar refractivity (Wildman–Crippen MR) is 84.9 cm³/mol. The molecule has 22 heavy (non-hydrogen) atoms. The lowest BCUT2D eigenvalue weighted by Crippen LogP contribution is -2.09. The van der Waals surface area contributed by atoms with Crippen molar-refractivity contribution in [3.8, 4) is 0 Å². The lowest BCUT2D eigenvalue weighted by molar-refractivity contribution is -0.385. The Hall–Kier alpha value is -2.54. The molecule has 0 heterocycles. The molecule has 0 aliphatic carbocycles. The molecule has 0 radical (unpaired) electrons. The number of carbonyl (C=O) groups excluding carboxylic acids is 1. The first-order valence-electron chi connectivity index (χ1n) is 6.15. The molecule has 7 heteroatoms. The number of hydrogen-bond acceptors (Lipinski definition) is 3. The fourth-order valence-corrected chi connectivity index (χ4v) is 2.06. The van der Waals surface area contributed by atoms with Crippen molar-refractivity contribution >= 4 is 39.3 Å². The van der Waals surface area contributed by atoms with Crippen LogP contribution >= 0.6 is 15.9 Å². The minimum atomic E-state index is -0.584. The maximum absolute atomic E-state index is 13.6. The van der Waals surface area contributed by atoms with E-state index < -0.39 is 16.6 Å². The molecule has 0 spiro atoms. The van der Waals surface area contributed by atoms with Crippen LogP contribution in [-0.2, 0) is 4.79 Å². The molecule has 0 saturated carbocycles. The topological polar surface area (TPSA) is 72.2 Å². The lowest BCUT2D eigenvalue weighted by atomic mass is 10.1. The van der Waals surface area contributed by atoms with Crippen LogP contribution in [-0.4, -0.2) is 10.8 Å². The van der Waals surface area contributed by atoms with E-state index in [1.54, 1.807) is 12.1 Å². The first-order chi connectivity index (χ1) is 10.5. The Morgan fingerprint density at radius 1 is 1.27 bits per heavy atom. The largest absolute Gasteiger partial charge is 0.320 e. The number of nitrogens with zero attached hydrogens (tertiary/aromatic N) is 1. The standard InChI is InChI=1S/C15H10BrFN2O3/c16-11-6-7-13(12(17)9-11)18-15(20)8-5-10-3-1-2-4-14(10)19(21)22/h1-9H,(H,18,20). The second-order valence-electron chi connectivity index (χ2n) is 4.26. The molecular weight excluding hydrogens is 355 g/mol. The third-order valence-electron chi connectivity index (χ3n) is 2.74. The van der Waals surface area contributed by atoms with Crippen LogP contribution in [0.1, 0.15) is 5.56 Å². The summed E-state index contributed by atoms with van der Waals surface area (Å²) in [5.41, 5.74) is 0.209. The first kappa shape index (κ1) is 15.8. The highest BCUT2D eigenvalue weighted by Crippen LogP contribution is 2.20. The average Bonchev–Trinajstić information content (AvgIpc) is 2.48. The van der Waals surface area contributed by atoms with Gasteiger partial charge in [0.25, 0.3) is 5.69 Å². The predicted octanol–water partition coefficient (Wildman–Crippen LogP) is 4.15. The van der Waals surface area contributed by atoms with E-state index in [4.69, 9.17) is 0 Å². The lowest BCUT2D eigenvalue weighted by Gasteiger charge is -2.04. The van der Waals surface area contributed by atoms with E-state index in [1.165, 1.54) is 36.4 Å². The molecule has 0 atom stereocenters. The number of carbonyl (C=O) groups is 1. The maximum Gasteiger partial charge on any atom is 0.276 e. The summed E-state index contributed by atoms with van der Waals surface area (Å²) in [5, 5.41) is 13.2. The van der Waals surface area contributed by atoms with Crippen molar-refractivity contribution in [1.29, 1.82) is 0 Å². The number of amides is 1. The second-order valence-corrected chi connectivity index (χ2v) is 5.18. The summed E-state index contributed by atoms with van der Waals surface area (Å²) >= 11 is 3.11. The van der Waals surface area contributed by atoms with Crippen molar-refractivity contribution in [2.24, 2.45) is 0 Å². The van der Waals surface area contributed by atoms with Crippen LogP contribution < -0.4 is 5.32 Å². The van der Waals surface area contributed by atoms with E-state index in [-0.39, 0.29) is 11.4 Å². The van der Waals surface area contributed by atoms with Crippen molar-refractivity contribution in [2.45, 2.75) is 0 Å². The Morgan fingerprint density at radius 2 is 2.00 bits per heavy atom. The highest BCUT2D eigenvalue weighted by molar-refractivity contribution is 9.10. The van der Waals surface area contributed by atoms with Gasteiger partial charge in [-0.3, -0.25) is 14.9 Å². The van der Waals surface area contributed by atoms with Crippen molar-refractivity contribution < 1.29 is 14.1 Å². The molecule has 2 aromatic carbocycles. The summed E-state index contributed by atoms with van der Waals surface area (Å²) in [7, 11) is 0. The van der Waals surface area contributed by atoms with E-state index in [1.807, 2.05) is 0 Å². The van der Waals surface area contributed by atoms with Gasteiger partial charge in [0.05, 0.1) is 16.2 Å². The van der Waals surface area contributed by atoms with Crippen LogP contribution in [0.2, 0.25) is 0 Å². The third kappa shape index (κ3) is 3.98. The van der Waals surface area contributed by atoms with Crippen molar-refractivity contribution in [3.05, 3.63) is 74.5 Å². The van der Waals surface area contributed by atoms with Crippen LogP contribution in [0.3, 0.4) is 0 Å². The molecule has 2 aromatic rings. The molecule has 1 amide bonds. The Labute approximate surface area is 133 Å². The molecule has 0 aliphatic heterocycles. The minimum absolute atomic E-state index is 0.0282. The Balaban J connectivity index is 2.14. The van der Waals surface area contributed by atoms with Gasteiger partial charge in [-0.25, -0.2) is 4.39 Å². The molecule has 0 fully saturated rings. The minimum Gasteiger partial charge on any atom is -0.320 e. The summed E-state index contributed by atoms with van der Waals surface area (Å²) in [6.45, 7) is 0. The number of anilines is 1. The summed E-state index contributed by atoms with van der Waals surface area (Å²) in [4.78, 5) is 22.1. The molecular formula is C15H10BrFN2O3. The van der Waals surface area contributed by atoms with Crippen LogP contribution in [0.5, 0.6) is 0 Å². The Bertz CT molecular complexity index is 762. The van der Waals surface area contributed by atoms with Crippen LogP contribution in [0.25, 0.3) is 6.08 Å². The SMILES string of the molecule is O=C(C=Cc1ccccc1[N+](=O)[O-])Nc1ccc(Br)cc1F. The first-order valence-corrected chi connectivity index (χ1v) is 6.94. The monoisotopic (exact) mass is 364 g/mol. The van der Waals surface area contributed by atoms with Gasteiger partial charge in [0.1, 0.15) is 5.82 Å². The van der Waals surface area contributed by atoms with E-state index >= 15 is 0 Å². The molecule has 0 unspecified atom stereocenters. The number of nitro benzene ring substituents is 1. The van der Waals surface area contributed by atoms with Crippen molar-refractivity contribution in [3.63, 3.8) is 0 Å². The van der Waals surface area contributed by atoms with Crippen molar-refractivity contribution in [1.82, 2.24) is 0 Å². The van der Waals surface area contributed by atoms with Gasteiger partial charge in [-0.1, -0.05) is 28.1 Å². The van der Waals surface area contributed by atoms with E-state index in [0.29, 0.717) is 10.0 Å². The van der Waals surface area contributed by atoms with Gasteiger partial charge in [0.2, 0.25) is 5.91 Å². The number of rotatable bonds is 4. The normalized spacial score (nSPS) is 10.6. The summed E-state index contributed by atoms with van der Waals surface area (Å²) < 4.78 is 14.1. The van der Waals surface area contributed by atoms with Gasteiger partial charge in [-0.15, -0.1) is 0 Å².